The fourth-order valence-electron chi connectivity index (χ4n) is 5.47. The summed E-state index contributed by atoms with van der Waals surface area (Å²) < 4.78 is 0. The van der Waals surface area contributed by atoms with Crippen LogP contribution in [0.15, 0.2) is 128 Å². The summed E-state index contributed by atoms with van der Waals surface area (Å²) in [5.74, 6) is 0. The molecule has 194 valence electrons. The van der Waals surface area contributed by atoms with Gasteiger partial charge in [-0.1, -0.05) is 90.0 Å². The predicted molar refractivity (Wildman–Crippen MR) is 170 cm³/mol. The lowest BCUT2D eigenvalue weighted by atomic mass is 9.89. The molecule has 1 aromatic heterocycles. The number of hydrogen-bond acceptors (Lipinski definition) is 1. The highest BCUT2D eigenvalue weighted by Crippen LogP contribution is 2.37. The molecule has 6 rings (SSSR count). The molecule has 0 unspecified atom stereocenters. The standard InChI is InChI=1S/C39H33N/c1-26-14-16-28(3)37(19-26)35-23-34(24-36(25-35)38-20-27(2)15-17-29(38)4)32-11-7-9-30(21-32)31-10-8-12-33(22-31)39-13-5-6-18-40-39/h5-25H,1-4H3. The highest BCUT2D eigenvalue weighted by atomic mass is 14.7. The molecule has 0 spiro atoms. The second-order valence-corrected chi connectivity index (χ2v) is 10.8. The molecule has 0 amide bonds. The molecule has 0 saturated carbocycles. The van der Waals surface area contributed by atoms with E-state index in [-0.39, 0.29) is 0 Å². The van der Waals surface area contributed by atoms with Crippen LogP contribution < -0.4 is 0 Å². The van der Waals surface area contributed by atoms with E-state index in [1.807, 2.05) is 18.3 Å². The molecule has 0 radical (unpaired) electrons. The van der Waals surface area contributed by atoms with Crippen molar-refractivity contribution in [1.82, 2.24) is 4.98 Å². The van der Waals surface area contributed by atoms with Gasteiger partial charge in [-0.05, 0) is 126 Å². The maximum atomic E-state index is 4.55. The van der Waals surface area contributed by atoms with Crippen LogP contribution in [0.4, 0.5) is 0 Å². The molecule has 0 aliphatic carbocycles. The Morgan fingerprint density at radius 3 is 1.40 bits per heavy atom. The van der Waals surface area contributed by atoms with Crippen LogP contribution in [0, 0.1) is 27.7 Å². The number of aryl methyl sites for hydroxylation is 4. The zero-order valence-corrected chi connectivity index (χ0v) is 23.6. The molecule has 0 saturated heterocycles. The molecule has 1 heteroatoms. The van der Waals surface area contributed by atoms with E-state index in [1.165, 1.54) is 66.8 Å². The van der Waals surface area contributed by atoms with Gasteiger partial charge in [0, 0.05) is 11.8 Å². The molecule has 0 bridgehead atoms. The SMILES string of the molecule is Cc1ccc(C)c(-c2cc(-c3cccc(-c4cccc(-c5ccccn5)c4)c3)cc(-c3cc(C)ccc3C)c2)c1. The van der Waals surface area contributed by atoms with Crippen molar-refractivity contribution >= 4 is 0 Å². The monoisotopic (exact) mass is 515 g/mol. The van der Waals surface area contributed by atoms with Crippen molar-refractivity contribution in [3.05, 3.63) is 150 Å². The number of nitrogens with zero attached hydrogens (tertiary/aromatic N) is 1. The third-order valence-electron chi connectivity index (χ3n) is 7.69. The van der Waals surface area contributed by atoms with Crippen LogP contribution in [-0.4, -0.2) is 4.98 Å². The molecule has 1 nitrogen and oxygen atoms in total. The Kier molecular flexibility index (Phi) is 6.88. The van der Waals surface area contributed by atoms with Crippen molar-refractivity contribution in [2.24, 2.45) is 0 Å². The van der Waals surface area contributed by atoms with Gasteiger partial charge in [0.05, 0.1) is 5.69 Å². The Hall–Kier alpha value is -4.75. The summed E-state index contributed by atoms with van der Waals surface area (Å²) in [7, 11) is 0. The van der Waals surface area contributed by atoms with Crippen molar-refractivity contribution in [3.8, 4) is 55.8 Å². The fraction of sp³-hybridized carbons (Fsp3) is 0.103. The summed E-state index contributed by atoms with van der Waals surface area (Å²) in [4.78, 5) is 4.55. The minimum absolute atomic E-state index is 0.986. The van der Waals surface area contributed by atoms with E-state index in [0.717, 1.165) is 11.3 Å². The first kappa shape index (κ1) is 25.5. The minimum Gasteiger partial charge on any atom is -0.256 e. The first-order chi connectivity index (χ1) is 19.4. The quantitative estimate of drug-likeness (QED) is 0.222. The fourth-order valence-corrected chi connectivity index (χ4v) is 5.47. The van der Waals surface area contributed by atoms with Gasteiger partial charge in [0.1, 0.15) is 0 Å². The van der Waals surface area contributed by atoms with E-state index in [0.29, 0.717) is 0 Å². The van der Waals surface area contributed by atoms with Crippen LogP contribution >= 0.6 is 0 Å². The van der Waals surface area contributed by atoms with Gasteiger partial charge in [-0.2, -0.15) is 0 Å². The Labute approximate surface area is 237 Å². The van der Waals surface area contributed by atoms with Gasteiger partial charge in [0.25, 0.3) is 0 Å². The number of aromatic nitrogens is 1. The molecule has 5 aromatic carbocycles. The Morgan fingerprint density at radius 2 is 0.850 bits per heavy atom. The van der Waals surface area contributed by atoms with Crippen molar-refractivity contribution in [1.29, 1.82) is 0 Å². The average Bonchev–Trinajstić information content (AvgIpc) is 3.00. The summed E-state index contributed by atoms with van der Waals surface area (Å²) in [5.41, 5.74) is 17.1. The van der Waals surface area contributed by atoms with Crippen molar-refractivity contribution in [3.63, 3.8) is 0 Å². The lowest BCUT2D eigenvalue weighted by molar-refractivity contribution is 1.33. The van der Waals surface area contributed by atoms with E-state index in [2.05, 4.69) is 142 Å². The van der Waals surface area contributed by atoms with Crippen LogP contribution in [0.2, 0.25) is 0 Å². The van der Waals surface area contributed by atoms with E-state index in [1.54, 1.807) is 0 Å². The maximum absolute atomic E-state index is 4.55. The van der Waals surface area contributed by atoms with E-state index < -0.39 is 0 Å². The topological polar surface area (TPSA) is 12.9 Å². The molecular formula is C39H33N. The Balaban J connectivity index is 1.50. The van der Waals surface area contributed by atoms with Crippen molar-refractivity contribution in [2.75, 3.05) is 0 Å². The van der Waals surface area contributed by atoms with Crippen LogP contribution in [-0.2, 0) is 0 Å². The molecule has 0 aliphatic rings. The lowest BCUT2D eigenvalue weighted by Crippen LogP contribution is -1.91. The van der Waals surface area contributed by atoms with Gasteiger partial charge < -0.3 is 0 Å². The summed E-state index contributed by atoms with van der Waals surface area (Å²) in [6.07, 6.45) is 1.85. The molecule has 0 fully saturated rings. The van der Waals surface area contributed by atoms with Crippen LogP contribution in [0.1, 0.15) is 22.3 Å². The predicted octanol–water partition coefficient (Wildman–Crippen LogP) is 10.7. The van der Waals surface area contributed by atoms with E-state index in [4.69, 9.17) is 0 Å². The van der Waals surface area contributed by atoms with Crippen molar-refractivity contribution in [2.45, 2.75) is 27.7 Å². The molecule has 40 heavy (non-hydrogen) atoms. The first-order valence-electron chi connectivity index (χ1n) is 13.9. The third-order valence-corrected chi connectivity index (χ3v) is 7.69. The summed E-state index contributed by atoms with van der Waals surface area (Å²) >= 11 is 0. The second kappa shape index (κ2) is 10.8. The zero-order chi connectivity index (χ0) is 27.6. The largest absolute Gasteiger partial charge is 0.256 e. The van der Waals surface area contributed by atoms with Crippen LogP contribution in [0.3, 0.4) is 0 Å². The molecular weight excluding hydrogens is 482 g/mol. The number of pyridine rings is 1. The number of hydrogen-bond donors (Lipinski definition) is 0. The van der Waals surface area contributed by atoms with Gasteiger partial charge >= 0.3 is 0 Å². The van der Waals surface area contributed by atoms with Crippen molar-refractivity contribution < 1.29 is 0 Å². The van der Waals surface area contributed by atoms with E-state index in [9.17, 15) is 0 Å². The molecule has 6 aromatic rings. The third kappa shape index (κ3) is 5.24. The molecule has 0 N–H and O–H groups in total. The second-order valence-electron chi connectivity index (χ2n) is 10.8. The summed E-state index contributed by atoms with van der Waals surface area (Å²) in [6, 6.07) is 44.1. The lowest BCUT2D eigenvalue weighted by Gasteiger charge is -2.16. The Bertz CT molecular complexity index is 1760. The van der Waals surface area contributed by atoms with Gasteiger partial charge in [-0.15, -0.1) is 0 Å². The van der Waals surface area contributed by atoms with Gasteiger partial charge in [0.15, 0.2) is 0 Å². The smallest absolute Gasteiger partial charge is 0.0702 e. The van der Waals surface area contributed by atoms with Gasteiger partial charge in [-0.25, -0.2) is 0 Å². The highest BCUT2D eigenvalue weighted by Gasteiger charge is 2.12. The molecule has 1 heterocycles. The summed E-state index contributed by atoms with van der Waals surface area (Å²) in [6.45, 7) is 8.74. The highest BCUT2D eigenvalue weighted by molar-refractivity contribution is 5.85. The zero-order valence-electron chi connectivity index (χ0n) is 23.6. The van der Waals surface area contributed by atoms with Gasteiger partial charge in [0.2, 0.25) is 0 Å². The van der Waals surface area contributed by atoms with Gasteiger partial charge in [-0.3, -0.25) is 4.98 Å². The minimum atomic E-state index is 0.986. The molecule has 0 aliphatic heterocycles. The molecule has 0 atom stereocenters. The average molecular weight is 516 g/mol. The summed E-state index contributed by atoms with van der Waals surface area (Å²) in [5, 5.41) is 0. The van der Waals surface area contributed by atoms with Crippen LogP contribution in [0.5, 0.6) is 0 Å². The van der Waals surface area contributed by atoms with E-state index >= 15 is 0 Å². The maximum Gasteiger partial charge on any atom is 0.0702 e. The number of rotatable bonds is 5. The Morgan fingerprint density at radius 1 is 0.375 bits per heavy atom. The number of benzene rings is 5. The first-order valence-corrected chi connectivity index (χ1v) is 13.9. The normalized spacial score (nSPS) is 11.0. The van der Waals surface area contributed by atoms with Crippen LogP contribution in [0.25, 0.3) is 55.8 Å².